The van der Waals surface area contributed by atoms with E-state index in [2.05, 4.69) is 22.4 Å². The van der Waals surface area contributed by atoms with Crippen molar-refractivity contribution in [3.63, 3.8) is 0 Å². The van der Waals surface area contributed by atoms with Gasteiger partial charge in [-0.05, 0) is 50.2 Å². The highest BCUT2D eigenvalue weighted by Crippen LogP contribution is 2.21. The number of carbonyl (C=O) groups excluding carboxylic acids is 1. The molecule has 2 aromatic rings. The van der Waals surface area contributed by atoms with E-state index < -0.39 is 0 Å². The zero-order valence-corrected chi connectivity index (χ0v) is 16.3. The molecule has 1 heterocycles. The van der Waals surface area contributed by atoms with Gasteiger partial charge in [0.1, 0.15) is 5.82 Å². The van der Waals surface area contributed by atoms with Crippen LogP contribution in [0.3, 0.4) is 0 Å². The van der Waals surface area contributed by atoms with E-state index >= 15 is 0 Å². The first-order chi connectivity index (χ1) is 13.5. The summed E-state index contributed by atoms with van der Waals surface area (Å²) in [7, 11) is 0. The zero-order chi connectivity index (χ0) is 20.1. The first kappa shape index (κ1) is 19.8. The molecule has 0 unspecified atom stereocenters. The Morgan fingerprint density at radius 1 is 1.18 bits per heavy atom. The van der Waals surface area contributed by atoms with Crippen LogP contribution in [0.4, 0.5) is 15.8 Å². The fourth-order valence-corrected chi connectivity index (χ4v) is 3.30. The summed E-state index contributed by atoms with van der Waals surface area (Å²) in [5.74, 6) is -0.607. The number of piperazine rings is 1. The van der Waals surface area contributed by atoms with Crippen LogP contribution < -0.4 is 21.0 Å². The van der Waals surface area contributed by atoms with E-state index in [1.54, 1.807) is 42.2 Å². The van der Waals surface area contributed by atoms with E-state index in [1.165, 1.54) is 6.07 Å². The molecule has 148 valence electrons. The summed E-state index contributed by atoms with van der Waals surface area (Å²) in [6, 6.07) is 11.7. The van der Waals surface area contributed by atoms with Gasteiger partial charge in [0, 0.05) is 16.8 Å². The van der Waals surface area contributed by atoms with Crippen molar-refractivity contribution in [2.45, 2.75) is 13.8 Å². The molecule has 1 saturated heterocycles. The Kier molecular flexibility index (Phi) is 6.26. The molecule has 0 radical (unpaired) electrons. The summed E-state index contributed by atoms with van der Waals surface area (Å²) in [4.78, 5) is 15.8. The molecule has 7 heteroatoms. The number of carbonyl (C=O) groups is 1. The van der Waals surface area contributed by atoms with E-state index in [1.807, 2.05) is 6.07 Å². The van der Waals surface area contributed by atoms with Crippen LogP contribution in [0.1, 0.15) is 29.8 Å². The van der Waals surface area contributed by atoms with E-state index in [4.69, 9.17) is 5.73 Å². The monoisotopic (exact) mass is 384 g/mol. The second kappa shape index (κ2) is 8.84. The summed E-state index contributed by atoms with van der Waals surface area (Å²) in [5, 5.41) is 4.10. The van der Waals surface area contributed by atoms with E-state index in [0.717, 1.165) is 32.7 Å². The highest BCUT2D eigenvalue weighted by molar-refractivity contribution is 6.01. The van der Waals surface area contributed by atoms with Crippen LogP contribution in [0.25, 0.3) is 0 Å². The van der Waals surface area contributed by atoms with Crippen LogP contribution in [0.2, 0.25) is 0 Å². The quantitative estimate of drug-likeness (QED) is 0.413. The summed E-state index contributed by atoms with van der Waals surface area (Å²) >= 11 is 0. The van der Waals surface area contributed by atoms with Crippen molar-refractivity contribution in [1.82, 2.24) is 5.43 Å². The van der Waals surface area contributed by atoms with Crippen molar-refractivity contribution in [2.24, 2.45) is 5.10 Å². The maximum atomic E-state index is 14.7. The van der Waals surface area contributed by atoms with Gasteiger partial charge in [0.05, 0.1) is 44.1 Å². The van der Waals surface area contributed by atoms with Crippen molar-refractivity contribution in [2.75, 3.05) is 43.4 Å². The second-order valence-corrected chi connectivity index (χ2v) is 7.02. The van der Waals surface area contributed by atoms with Crippen LogP contribution in [-0.2, 0) is 0 Å². The Morgan fingerprint density at radius 3 is 2.43 bits per heavy atom. The van der Waals surface area contributed by atoms with Gasteiger partial charge < -0.3 is 15.5 Å². The van der Waals surface area contributed by atoms with Gasteiger partial charge in [-0.1, -0.05) is 6.07 Å². The van der Waals surface area contributed by atoms with Gasteiger partial charge in [-0.25, -0.2) is 9.82 Å². The lowest BCUT2D eigenvalue weighted by Gasteiger charge is -2.33. The summed E-state index contributed by atoms with van der Waals surface area (Å²) in [6.07, 6.45) is 0. The molecule has 3 rings (SSSR count). The number of nitrogens with zero attached hydrogens (tertiary/aromatic N) is 2. The Hall–Kier alpha value is -2.93. The van der Waals surface area contributed by atoms with Crippen LogP contribution in [-0.4, -0.2) is 44.3 Å². The SMILES string of the molecule is CC[NH+]1CCN(c2ccc(/C(C)=N\NC(=O)c3ccc(N)cc3)cc2F)CC1. The van der Waals surface area contributed by atoms with Crippen LogP contribution in [0.15, 0.2) is 47.6 Å². The van der Waals surface area contributed by atoms with Gasteiger partial charge in [0.2, 0.25) is 0 Å². The number of nitrogens with one attached hydrogen (secondary N) is 2. The zero-order valence-electron chi connectivity index (χ0n) is 16.3. The number of rotatable bonds is 5. The number of nitrogens with two attached hydrogens (primary N) is 1. The lowest BCUT2D eigenvalue weighted by atomic mass is 10.1. The second-order valence-electron chi connectivity index (χ2n) is 7.02. The number of nitrogen functional groups attached to an aromatic ring is 1. The van der Waals surface area contributed by atoms with Crippen molar-refractivity contribution in [1.29, 1.82) is 0 Å². The fraction of sp³-hybridized carbons (Fsp3) is 0.333. The van der Waals surface area contributed by atoms with Gasteiger partial charge >= 0.3 is 0 Å². The molecule has 0 saturated carbocycles. The molecule has 0 atom stereocenters. The number of benzene rings is 2. The number of amides is 1. The van der Waals surface area contributed by atoms with Gasteiger partial charge in [0.25, 0.3) is 5.91 Å². The highest BCUT2D eigenvalue weighted by Gasteiger charge is 2.21. The minimum atomic E-state index is -0.340. The molecule has 1 fully saturated rings. The summed E-state index contributed by atoms with van der Waals surface area (Å²) < 4.78 is 14.7. The molecule has 0 aliphatic carbocycles. The highest BCUT2D eigenvalue weighted by atomic mass is 19.1. The van der Waals surface area contributed by atoms with E-state index in [0.29, 0.717) is 28.2 Å². The van der Waals surface area contributed by atoms with Gasteiger partial charge in [0.15, 0.2) is 0 Å². The topological polar surface area (TPSA) is 75.2 Å². The molecule has 2 aromatic carbocycles. The number of likely N-dealkylation sites (N-methyl/N-ethyl adjacent to an activating group) is 1. The lowest BCUT2D eigenvalue weighted by Crippen LogP contribution is -3.14. The molecule has 0 bridgehead atoms. The van der Waals surface area contributed by atoms with Gasteiger partial charge in [-0.15, -0.1) is 0 Å². The third-order valence-corrected chi connectivity index (χ3v) is 5.17. The number of hydrazone groups is 1. The average molecular weight is 384 g/mol. The van der Waals surface area contributed by atoms with Gasteiger partial charge in [-0.3, -0.25) is 4.79 Å². The Balaban J connectivity index is 1.66. The molecule has 6 nitrogen and oxygen atoms in total. The molecule has 1 aliphatic rings. The molecule has 1 aliphatic heterocycles. The average Bonchev–Trinajstić information content (AvgIpc) is 2.72. The van der Waals surface area contributed by atoms with Crippen LogP contribution in [0, 0.1) is 5.82 Å². The largest absolute Gasteiger partial charge is 0.399 e. The number of anilines is 2. The molecular weight excluding hydrogens is 357 g/mol. The molecule has 4 N–H and O–H groups in total. The Bertz CT molecular complexity index is 858. The Morgan fingerprint density at radius 2 is 1.82 bits per heavy atom. The maximum absolute atomic E-state index is 14.7. The predicted octanol–water partition coefficient (Wildman–Crippen LogP) is 1.29. The first-order valence-electron chi connectivity index (χ1n) is 9.56. The summed E-state index contributed by atoms with van der Waals surface area (Å²) in [5.41, 5.74) is 11.0. The van der Waals surface area contributed by atoms with E-state index in [-0.39, 0.29) is 11.7 Å². The maximum Gasteiger partial charge on any atom is 0.271 e. The molecule has 1 amide bonds. The molecule has 0 spiro atoms. The third-order valence-electron chi connectivity index (χ3n) is 5.17. The number of quaternary nitrogens is 1. The predicted molar refractivity (Wildman–Crippen MR) is 110 cm³/mol. The third kappa shape index (κ3) is 4.67. The minimum Gasteiger partial charge on any atom is -0.399 e. The van der Waals surface area contributed by atoms with Crippen molar-refractivity contribution >= 4 is 23.0 Å². The van der Waals surface area contributed by atoms with Gasteiger partial charge in [-0.2, -0.15) is 5.10 Å². The summed E-state index contributed by atoms with van der Waals surface area (Å²) in [6.45, 7) is 8.77. The van der Waals surface area contributed by atoms with Crippen molar-refractivity contribution in [3.8, 4) is 0 Å². The Labute approximate surface area is 164 Å². The molecular formula is C21H27FN5O+. The lowest BCUT2D eigenvalue weighted by molar-refractivity contribution is -0.898. The fourth-order valence-electron chi connectivity index (χ4n) is 3.30. The smallest absolute Gasteiger partial charge is 0.271 e. The van der Waals surface area contributed by atoms with Crippen molar-refractivity contribution < 1.29 is 14.1 Å². The van der Waals surface area contributed by atoms with Crippen molar-refractivity contribution in [3.05, 3.63) is 59.4 Å². The number of halogens is 1. The molecule has 0 aromatic heterocycles. The molecule has 28 heavy (non-hydrogen) atoms. The standard InChI is InChI=1S/C21H26FN5O/c1-3-26-10-12-27(13-11-26)20-9-6-17(14-19(20)22)15(2)24-25-21(28)16-4-7-18(23)8-5-16/h4-9,14H,3,10-13,23H2,1-2H3,(H,25,28)/p+1/b24-15-. The van der Waals surface area contributed by atoms with Crippen LogP contribution in [0.5, 0.6) is 0 Å². The number of hydrogen-bond acceptors (Lipinski definition) is 4. The van der Waals surface area contributed by atoms with Crippen LogP contribution >= 0.6 is 0 Å². The first-order valence-corrected chi connectivity index (χ1v) is 9.56. The minimum absolute atomic E-state index is 0.267. The van der Waals surface area contributed by atoms with E-state index in [9.17, 15) is 9.18 Å². The normalized spacial score (nSPS) is 15.5. The number of hydrogen-bond donors (Lipinski definition) is 3.